The van der Waals surface area contributed by atoms with E-state index in [-0.39, 0.29) is 17.3 Å². The molecular formula is C20H20F3N7O2. The summed E-state index contributed by atoms with van der Waals surface area (Å²) in [5.74, 6) is 0.505. The highest BCUT2D eigenvalue weighted by molar-refractivity contribution is 5.94. The molecule has 0 radical (unpaired) electrons. The Morgan fingerprint density at radius 1 is 1.19 bits per heavy atom. The number of hydrogen-bond donors (Lipinski definition) is 1. The smallest absolute Gasteiger partial charge is 0.416 e. The van der Waals surface area contributed by atoms with Crippen LogP contribution in [0.4, 0.5) is 24.7 Å². The minimum absolute atomic E-state index is 0.0139. The topological polar surface area (TPSA) is 98.1 Å². The Morgan fingerprint density at radius 3 is 2.72 bits per heavy atom. The Balaban J connectivity index is 1.50. The number of piperidine rings is 1. The van der Waals surface area contributed by atoms with E-state index in [0.29, 0.717) is 31.1 Å². The molecule has 1 atom stereocenters. The molecule has 0 aliphatic carbocycles. The van der Waals surface area contributed by atoms with Crippen LogP contribution in [0.2, 0.25) is 0 Å². The van der Waals surface area contributed by atoms with E-state index in [1.165, 1.54) is 36.8 Å². The largest absolute Gasteiger partial charge is 0.495 e. The van der Waals surface area contributed by atoms with Crippen LogP contribution in [0.3, 0.4) is 0 Å². The number of hydrogen-bond acceptors (Lipinski definition) is 7. The summed E-state index contributed by atoms with van der Waals surface area (Å²) < 4.78 is 45.9. The average molecular weight is 447 g/mol. The number of carbonyl (C=O) groups excluding carboxylic acids is 1. The van der Waals surface area contributed by atoms with Crippen LogP contribution in [-0.4, -0.2) is 50.8 Å². The summed E-state index contributed by atoms with van der Waals surface area (Å²) in [6.07, 6.45) is 1.11. The first-order valence-electron chi connectivity index (χ1n) is 9.83. The fourth-order valence-corrected chi connectivity index (χ4v) is 3.58. The third-order valence-corrected chi connectivity index (χ3v) is 5.19. The molecule has 3 heterocycles. The molecule has 4 rings (SSSR count). The molecule has 1 aromatic carbocycles. The Bertz CT molecular complexity index is 1090. The third-order valence-electron chi connectivity index (χ3n) is 5.19. The van der Waals surface area contributed by atoms with Gasteiger partial charge < -0.3 is 15.0 Å². The van der Waals surface area contributed by atoms with E-state index in [1.807, 2.05) is 4.90 Å². The molecule has 1 N–H and O–H groups in total. The van der Waals surface area contributed by atoms with E-state index in [9.17, 15) is 18.0 Å². The third kappa shape index (κ3) is 4.63. The number of aromatic nitrogens is 5. The molecule has 2 aromatic heterocycles. The van der Waals surface area contributed by atoms with Crippen LogP contribution < -0.4 is 15.0 Å². The van der Waals surface area contributed by atoms with Gasteiger partial charge in [0.15, 0.2) is 5.82 Å². The highest BCUT2D eigenvalue weighted by Crippen LogP contribution is 2.35. The van der Waals surface area contributed by atoms with Crippen LogP contribution in [-0.2, 0) is 11.0 Å². The van der Waals surface area contributed by atoms with Gasteiger partial charge in [0.2, 0.25) is 5.91 Å². The summed E-state index contributed by atoms with van der Waals surface area (Å²) in [6, 6.07) is 4.73. The standard InChI is InChI=1S/C20H20F3N7O2/c1-32-16-5-4-14(20(21,22)23)7-15(16)28-19(31)13-3-2-6-29(9-13)17-8-18(26-11-25-17)30-12-24-10-27-30/h4-5,7-8,10-13H,2-3,6,9H2,1H3,(H,28,31). The Labute approximate surface area is 181 Å². The minimum Gasteiger partial charge on any atom is -0.495 e. The van der Waals surface area contributed by atoms with Crippen molar-refractivity contribution in [1.82, 2.24) is 24.7 Å². The molecule has 32 heavy (non-hydrogen) atoms. The Hall–Kier alpha value is -3.70. The van der Waals surface area contributed by atoms with Crippen LogP contribution in [0, 0.1) is 5.92 Å². The summed E-state index contributed by atoms with van der Waals surface area (Å²) in [7, 11) is 1.34. The predicted octanol–water partition coefficient (Wildman–Crippen LogP) is 2.94. The van der Waals surface area contributed by atoms with Crippen molar-refractivity contribution in [2.45, 2.75) is 19.0 Å². The van der Waals surface area contributed by atoms with Gasteiger partial charge in [0, 0.05) is 19.2 Å². The van der Waals surface area contributed by atoms with E-state index in [1.54, 1.807) is 6.07 Å². The van der Waals surface area contributed by atoms with Gasteiger partial charge in [0.25, 0.3) is 0 Å². The molecule has 1 aliphatic heterocycles. The highest BCUT2D eigenvalue weighted by atomic mass is 19.4. The van der Waals surface area contributed by atoms with E-state index in [4.69, 9.17) is 4.74 Å². The van der Waals surface area contributed by atoms with Gasteiger partial charge in [-0.1, -0.05) is 0 Å². The molecule has 0 saturated carbocycles. The first kappa shape index (κ1) is 21.5. The SMILES string of the molecule is COc1ccc(C(F)(F)F)cc1NC(=O)C1CCCN(c2cc(-n3cncn3)ncn2)C1. The number of halogens is 3. The van der Waals surface area contributed by atoms with E-state index < -0.39 is 17.7 Å². The zero-order valence-electron chi connectivity index (χ0n) is 17.1. The maximum Gasteiger partial charge on any atom is 0.416 e. The second-order valence-corrected chi connectivity index (χ2v) is 7.26. The summed E-state index contributed by atoms with van der Waals surface area (Å²) in [5.41, 5.74) is -0.875. The van der Waals surface area contributed by atoms with Crippen molar-refractivity contribution in [1.29, 1.82) is 0 Å². The minimum atomic E-state index is -4.53. The van der Waals surface area contributed by atoms with Gasteiger partial charge >= 0.3 is 6.18 Å². The van der Waals surface area contributed by atoms with Crippen molar-refractivity contribution in [3.63, 3.8) is 0 Å². The lowest BCUT2D eigenvalue weighted by Gasteiger charge is -2.33. The molecule has 1 aliphatic rings. The maximum atomic E-state index is 13.1. The van der Waals surface area contributed by atoms with E-state index >= 15 is 0 Å². The van der Waals surface area contributed by atoms with Gasteiger partial charge in [0.1, 0.15) is 30.5 Å². The average Bonchev–Trinajstić information content (AvgIpc) is 3.34. The molecule has 1 unspecified atom stereocenters. The molecule has 1 saturated heterocycles. The van der Waals surface area contributed by atoms with Crippen molar-refractivity contribution >= 4 is 17.4 Å². The van der Waals surface area contributed by atoms with Crippen LogP contribution in [0.1, 0.15) is 18.4 Å². The Morgan fingerprint density at radius 2 is 2.00 bits per heavy atom. The van der Waals surface area contributed by atoms with Gasteiger partial charge in [-0.05, 0) is 31.0 Å². The van der Waals surface area contributed by atoms with E-state index in [2.05, 4.69) is 25.4 Å². The number of ether oxygens (including phenoxy) is 1. The van der Waals surface area contributed by atoms with Crippen molar-refractivity contribution in [2.24, 2.45) is 5.92 Å². The van der Waals surface area contributed by atoms with Crippen molar-refractivity contribution in [2.75, 3.05) is 30.4 Å². The quantitative estimate of drug-likeness (QED) is 0.642. The second-order valence-electron chi connectivity index (χ2n) is 7.26. The molecule has 0 spiro atoms. The van der Waals surface area contributed by atoms with Crippen LogP contribution >= 0.6 is 0 Å². The van der Waals surface area contributed by atoms with Gasteiger partial charge in [-0.3, -0.25) is 4.79 Å². The molecule has 12 heteroatoms. The summed E-state index contributed by atoms with van der Waals surface area (Å²) in [5, 5.41) is 6.65. The fraction of sp³-hybridized carbons (Fsp3) is 0.350. The normalized spacial score (nSPS) is 16.6. The second kappa shape index (κ2) is 8.81. The first-order chi connectivity index (χ1) is 15.3. The molecule has 1 amide bonds. The van der Waals surface area contributed by atoms with Crippen LogP contribution in [0.5, 0.6) is 5.75 Å². The number of nitrogens with zero attached hydrogens (tertiary/aromatic N) is 6. The van der Waals surface area contributed by atoms with Gasteiger partial charge in [-0.2, -0.15) is 18.3 Å². The summed E-state index contributed by atoms with van der Waals surface area (Å²) >= 11 is 0. The molecular weight excluding hydrogens is 427 g/mol. The van der Waals surface area contributed by atoms with E-state index in [0.717, 1.165) is 18.6 Å². The molecule has 1 fully saturated rings. The number of carbonyl (C=O) groups is 1. The fourth-order valence-electron chi connectivity index (χ4n) is 3.58. The summed E-state index contributed by atoms with van der Waals surface area (Å²) in [4.78, 5) is 27.2. The first-order valence-corrected chi connectivity index (χ1v) is 9.83. The highest BCUT2D eigenvalue weighted by Gasteiger charge is 2.32. The number of amides is 1. The predicted molar refractivity (Wildman–Crippen MR) is 109 cm³/mol. The zero-order valence-corrected chi connectivity index (χ0v) is 17.1. The van der Waals surface area contributed by atoms with Crippen molar-refractivity contribution < 1.29 is 22.7 Å². The lowest BCUT2D eigenvalue weighted by atomic mass is 9.97. The number of methoxy groups -OCH3 is 1. The number of alkyl halides is 3. The number of rotatable bonds is 5. The molecule has 9 nitrogen and oxygen atoms in total. The van der Waals surface area contributed by atoms with Crippen molar-refractivity contribution in [3.05, 3.63) is 48.8 Å². The zero-order chi connectivity index (χ0) is 22.7. The molecule has 168 valence electrons. The van der Waals surface area contributed by atoms with Crippen molar-refractivity contribution in [3.8, 4) is 11.6 Å². The molecule has 3 aromatic rings. The lowest BCUT2D eigenvalue weighted by molar-refractivity contribution is -0.137. The number of anilines is 2. The number of benzene rings is 1. The van der Waals surface area contributed by atoms with Gasteiger partial charge in [0.05, 0.1) is 24.3 Å². The number of nitrogens with one attached hydrogen (secondary N) is 1. The molecule has 0 bridgehead atoms. The van der Waals surface area contributed by atoms with Gasteiger partial charge in [-0.15, -0.1) is 0 Å². The maximum absolute atomic E-state index is 13.1. The van der Waals surface area contributed by atoms with Crippen LogP contribution in [0.25, 0.3) is 5.82 Å². The monoisotopic (exact) mass is 447 g/mol. The lowest BCUT2D eigenvalue weighted by Crippen LogP contribution is -2.41. The summed E-state index contributed by atoms with van der Waals surface area (Å²) in [6.45, 7) is 1.05. The van der Waals surface area contributed by atoms with Crippen LogP contribution in [0.15, 0.2) is 43.2 Å². The Kier molecular flexibility index (Phi) is 5.93. The van der Waals surface area contributed by atoms with Gasteiger partial charge in [-0.25, -0.2) is 19.6 Å².